The molecule has 1 atom stereocenters. The number of likely N-dealkylation sites (tertiary alicyclic amines) is 1. The Labute approximate surface area is 120 Å². The van der Waals surface area contributed by atoms with Crippen molar-refractivity contribution in [1.82, 2.24) is 15.0 Å². The van der Waals surface area contributed by atoms with Crippen LogP contribution in [-0.4, -0.2) is 39.2 Å². The Bertz CT molecular complexity index is 590. The summed E-state index contributed by atoms with van der Waals surface area (Å²) < 4.78 is 5.23. The molecule has 0 spiro atoms. The second-order valence-electron chi connectivity index (χ2n) is 5.07. The normalized spacial score (nSPS) is 17.9. The molecule has 0 amide bonds. The lowest BCUT2D eigenvalue weighted by molar-refractivity contribution is -0.145. The summed E-state index contributed by atoms with van der Waals surface area (Å²) in [7, 11) is 0. The van der Waals surface area contributed by atoms with Gasteiger partial charge in [0.05, 0.1) is 17.3 Å². The highest BCUT2D eigenvalue weighted by Gasteiger charge is 2.35. The summed E-state index contributed by atoms with van der Waals surface area (Å²) in [5.41, 5.74) is 0. The quantitative estimate of drug-likeness (QED) is 0.907. The van der Waals surface area contributed by atoms with E-state index in [1.54, 1.807) is 18.3 Å². The number of hydrogen-bond acceptors (Lipinski definition) is 6. The molecule has 2 aromatic rings. The van der Waals surface area contributed by atoms with E-state index in [-0.39, 0.29) is 11.8 Å². The van der Waals surface area contributed by atoms with Gasteiger partial charge in [-0.1, -0.05) is 18.1 Å². The van der Waals surface area contributed by atoms with Gasteiger partial charge in [0.2, 0.25) is 11.7 Å². The second kappa shape index (κ2) is 5.34. The molecule has 0 aromatic carbocycles. The number of aromatic nitrogens is 2. The molecule has 106 valence electrons. The van der Waals surface area contributed by atoms with Crippen LogP contribution in [-0.2, 0) is 11.3 Å². The number of nitrogens with zero attached hydrogens (tertiary/aromatic N) is 3. The Morgan fingerprint density at radius 1 is 1.65 bits per heavy atom. The fraction of sp³-hybridized carbons (Fsp3) is 0.462. The summed E-state index contributed by atoms with van der Waals surface area (Å²) in [6, 6.07) is 3.90. The lowest BCUT2D eigenvalue weighted by Gasteiger charge is -2.40. The smallest absolute Gasteiger partial charge is 0.306 e. The fourth-order valence-electron chi connectivity index (χ4n) is 2.27. The maximum atomic E-state index is 10.9. The summed E-state index contributed by atoms with van der Waals surface area (Å²) >= 11 is 1.57. The van der Waals surface area contributed by atoms with Crippen LogP contribution in [0.25, 0.3) is 10.7 Å². The molecule has 1 saturated heterocycles. The van der Waals surface area contributed by atoms with Crippen molar-refractivity contribution in [2.24, 2.45) is 11.8 Å². The standard InChI is InChI=1S/C13H15N3O3S/c1-8(13(17)18)9-5-16(6-9)7-11-14-12(15-19-11)10-3-2-4-20-10/h2-4,8-9H,5-7H2,1H3,(H,17,18). The van der Waals surface area contributed by atoms with Crippen LogP contribution in [0.3, 0.4) is 0 Å². The monoisotopic (exact) mass is 293 g/mol. The van der Waals surface area contributed by atoms with E-state index >= 15 is 0 Å². The summed E-state index contributed by atoms with van der Waals surface area (Å²) in [6.45, 7) is 3.88. The van der Waals surface area contributed by atoms with Crippen molar-refractivity contribution in [3.05, 3.63) is 23.4 Å². The lowest BCUT2D eigenvalue weighted by Crippen LogP contribution is -2.50. The van der Waals surface area contributed by atoms with E-state index in [1.807, 2.05) is 17.5 Å². The zero-order valence-corrected chi connectivity index (χ0v) is 11.8. The van der Waals surface area contributed by atoms with Crippen molar-refractivity contribution < 1.29 is 14.4 Å². The third kappa shape index (κ3) is 2.59. The van der Waals surface area contributed by atoms with Crippen LogP contribution in [0.5, 0.6) is 0 Å². The fourth-order valence-corrected chi connectivity index (χ4v) is 2.92. The Morgan fingerprint density at radius 2 is 2.45 bits per heavy atom. The van der Waals surface area contributed by atoms with E-state index in [0.717, 1.165) is 18.0 Å². The number of thiophene rings is 1. The van der Waals surface area contributed by atoms with Gasteiger partial charge in [-0.3, -0.25) is 9.69 Å². The Hall–Kier alpha value is -1.73. The van der Waals surface area contributed by atoms with E-state index in [2.05, 4.69) is 15.0 Å². The van der Waals surface area contributed by atoms with Gasteiger partial charge in [0.1, 0.15) is 0 Å². The number of carboxylic acid groups (broad SMARTS) is 1. The molecule has 3 rings (SSSR count). The summed E-state index contributed by atoms with van der Waals surface area (Å²) in [4.78, 5) is 18.3. The number of rotatable bonds is 5. The first-order valence-electron chi connectivity index (χ1n) is 6.45. The third-order valence-electron chi connectivity index (χ3n) is 3.65. The third-order valence-corrected chi connectivity index (χ3v) is 4.52. The van der Waals surface area contributed by atoms with Crippen LogP contribution in [0.4, 0.5) is 0 Å². The van der Waals surface area contributed by atoms with Crippen molar-refractivity contribution in [3.8, 4) is 10.7 Å². The highest BCUT2D eigenvalue weighted by Crippen LogP contribution is 2.26. The Morgan fingerprint density at radius 3 is 3.10 bits per heavy atom. The first-order valence-corrected chi connectivity index (χ1v) is 7.33. The zero-order valence-electron chi connectivity index (χ0n) is 11.0. The van der Waals surface area contributed by atoms with Crippen LogP contribution in [0.1, 0.15) is 12.8 Å². The maximum absolute atomic E-state index is 10.9. The van der Waals surface area contributed by atoms with Crippen molar-refractivity contribution in [2.75, 3.05) is 13.1 Å². The van der Waals surface area contributed by atoms with Gasteiger partial charge in [0, 0.05) is 13.1 Å². The predicted octanol–water partition coefficient (Wildman–Crippen LogP) is 1.95. The molecule has 1 N–H and O–H groups in total. The highest BCUT2D eigenvalue weighted by molar-refractivity contribution is 7.13. The summed E-state index contributed by atoms with van der Waals surface area (Å²) in [5.74, 6) is 0.385. The minimum atomic E-state index is -0.729. The van der Waals surface area contributed by atoms with E-state index in [4.69, 9.17) is 9.63 Å². The minimum absolute atomic E-state index is 0.215. The van der Waals surface area contributed by atoms with Crippen LogP contribution >= 0.6 is 11.3 Å². The van der Waals surface area contributed by atoms with Gasteiger partial charge in [-0.05, 0) is 17.4 Å². The molecule has 3 heterocycles. The largest absolute Gasteiger partial charge is 0.481 e. The molecule has 1 unspecified atom stereocenters. The molecule has 7 heteroatoms. The Kier molecular flexibility index (Phi) is 3.54. The predicted molar refractivity (Wildman–Crippen MR) is 73.2 cm³/mol. The molecule has 20 heavy (non-hydrogen) atoms. The van der Waals surface area contributed by atoms with Crippen molar-refractivity contribution in [3.63, 3.8) is 0 Å². The molecule has 1 aliphatic heterocycles. The van der Waals surface area contributed by atoms with Crippen molar-refractivity contribution in [1.29, 1.82) is 0 Å². The second-order valence-corrected chi connectivity index (χ2v) is 6.02. The van der Waals surface area contributed by atoms with E-state index < -0.39 is 5.97 Å². The number of carbonyl (C=O) groups is 1. The van der Waals surface area contributed by atoms with Crippen LogP contribution in [0.2, 0.25) is 0 Å². The van der Waals surface area contributed by atoms with Crippen molar-refractivity contribution >= 4 is 17.3 Å². The molecular weight excluding hydrogens is 278 g/mol. The molecule has 0 bridgehead atoms. The topological polar surface area (TPSA) is 79.5 Å². The van der Waals surface area contributed by atoms with Gasteiger partial charge in [-0.15, -0.1) is 11.3 Å². The SMILES string of the molecule is CC(C(=O)O)C1CN(Cc2nc(-c3cccs3)no2)C1. The number of carboxylic acids is 1. The first kappa shape index (κ1) is 13.3. The molecule has 0 saturated carbocycles. The van der Waals surface area contributed by atoms with E-state index in [0.29, 0.717) is 18.3 Å². The van der Waals surface area contributed by atoms with E-state index in [9.17, 15) is 4.79 Å². The molecule has 0 aliphatic carbocycles. The van der Waals surface area contributed by atoms with E-state index in [1.165, 1.54) is 0 Å². The number of aliphatic carboxylic acids is 1. The highest BCUT2D eigenvalue weighted by atomic mass is 32.1. The number of hydrogen-bond donors (Lipinski definition) is 1. The van der Waals surface area contributed by atoms with Gasteiger partial charge >= 0.3 is 5.97 Å². The average molecular weight is 293 g/mol. The summed E-state index contributed by atoms with van der Waals surface area (Å²) in [5, 5.41) is 14.9. The zero-order chi connectivity index (χ0) is 14.1. The first-order chi connectivity index (χ1) is 9.63. The molecule has 0 radical (unpaired) electrons. The van der Waals surface area contributed by atoms with Gasteiger partial charge in [-0.2, -0.15) is 4.98 Å². The van der Waals surface area contributed by atoms with Crippen LogP contribution < -0.4 is 0 Å². The molecule has 2 aromatic heterocycles. The Balaban J connectivity index is 1.55. The molecule has 6 nitrogen and oxygen atoms in total. The van der Waals surface area contributed by atoms with Crippen LogP contribution in [0, 0.1) is 11.8 Å². The molecule has 1 aliphatic rings. The average Bonchev–Trinajstić information content (AvgIpc) is 3.02. The lowest BCUT2D eigenvalue weighted by atomic mass is 9.87. The van der Waals surface area contributed by atoms with Gasteiger partial charge in [-0.25, -0.2) is 0 Å². The van der Waals surface area contributed by atoms with Gasteiger partial charge in [0.25, 0.3) is 0 Å². The maximum Gasteiger partial charge on any atom is 0.306 e. The summed E-state index contributed by atoms with van der Waals surface area (Å²) in [6.07, 6.45) is 0. The van der Waals surface area contributed by atoms with Gasteiger partial charge in [0.15, 0.2) is 0 Å². The molecule has 1 fully saturated rings. The van der Waals surface area contributed by atoms with Gasteiger partial charge < -0.3 is 9.63 Å². The van der Waals surface area contributed by atoms with Crippen molar-refractivity contribution in [2.45, 2.75) is 13.5 Å². The molecular formula is C13H15N3O3S. The minimum Gasteiger partial charge on any atom is -0.481 e. The van der Waals surface area contributed by atoms with Crippen LogP contribution in [0.15, 0.2) is 22.0 Å².